The first-order valence-corrected chi connectivity index (χ1v) is 9.74. The molecule has 1 aliphatic heterocycles. The van der Waals surface area contributed by atoms with Crippen molar-refractivity contribution in [1.29, 1.82) is 0 Å². The van der Waals surface area contributed by atoms with Crippen LogP contribution in [-0.2, 0) is 14.4 Å². The molecular weight excluding hydrogens is 320 g/mol. The number of hydrogen-bond acceptors (Lipinski definition) is 3. The molecule has 0 spiro atoms. The van der Waals surface area contributed by atoms with Gasteiger partial charge in [-0.2, -0.15) is 0 Å². The highest BCUT2D eigenvalue weighted by atomic mass is 16.4. The summed E-state index contributed by atoms with van der Waals surface area (Å²) in [6, 6.07) is -0.0788. The Morgan fingerprint density at radius 2 is 1.76 bits per heavy atom. The van der Waals surface area contributed by atoms with Crippen LogP contribution in [0.1, 0.15) is 71.1 Å². The number of hydrogen-bond donors (Lipinski definition) is 1. The van der Waals surface area contributed by atoms with Crippen LogP contribution in [0.2, 0.25) is 0 Å². The maximum absolute atomic E-state index is 12.5. The molecule has 1 saturated heterocycles. The Bertz CT molecular complexity index is 474. The molecule has 0 bridgehead atoms. The van der Waals surface area contributed by atoms with E-state index in [2.05, 4.69) is 0 Å². The van der Waals surface area contributed by atoms with Gasteiger partial charge in [0, 0.05) is 32.5 Å². The lowest BCUT2D eigenvalue weighted by Gasteiger charge is -2.28. The van der Waals surface area contributed by atoms with Crippen molar-refractivity contribution in [2.24, 2.45) is 5.92 Å². The monoisotopic (exact) mass is 352 g/mol. The zero-order valence-electron chi connectivity index (χ0n) is 15.4. The molecule has 0 aromatic rings. The predicted octanol–water partition coefficient (Wildman–Crippen LogP) is 2.66. The largest absolute Gasteiger partial charge is 0.480 e. The standard InChI is InChI=1S/C19H32N2O4/c1-15(22)21(14-19(24)25)17-9-5-12-20(13-11-17)18(23)10-4-8-16-6-2-3-7-16/h16-17H,2-14H2,1H3,(H,24,25). The summed E-state index contributed by atoms with van der Waals surface area (Å²) in [5.41, 5.74) is 0. The van der Waals surface area contributed by atoms with Crippen molar-refractivity contribution in [3.63, 3.8) is 0 Å². The molecule has 2 fully saturated rings. The van der Waals surface area contributed by atoms with E-state index in [1.54, 1.807) is 0 Å². The second-order valence-electron chi connectivity index (χ2n) is 7.55. The number of carbonyl (C=O) groups excluding carboxylic acids is 2. The van der Waals surface area contributed by atoms with E-state index in [9.17, 15) is 14.4 Å². The SMILES string of the molecule is CC(=O)N(CC(=O)O)C1CCCN(C(=O)CCCC2CCCC2)CC1. The molecule has 0 aromatic heterocycles. The lowest BCUT2D eigenvalue weighted by Crippen LogP contribution is -2.43. The first-order chi connectivity index (χ1) is 12.0. The smallest absolute Gasteiger partial charge is 0.323 e. The second kappa shape index (κ2) is 9.78. The number of amides is 2. The third-order valence-electron chi connectivity index (χ3n) is 5.68. The maximum atomic E-state index is 12.5. The number of nitrogens with zero attached hydrogens (tertiary/aromatic N) is 2. The summed E-state index contributed by atoms with van der Waals surface area (Å²) >= 11 is 0. The molecule has 1 saturated carbocycles. The van der Waals surface area contributed by atoms with E-state index in [0.717, 1.165) is 31.7 Å². The molecule has 1 atom stereocenters. The van der Waals surface area contributed by atoms with Gasteiger partial charge in [0.2, 0.25) is 11.8 Å². The van der Waals surface area contributed by atoms with Gasteiger partial charge in [0.05, 0.1) is 0 Å². The van der Waals surface area contributed by atoms with Crippen molar-refractivity contribution in [2.45, 2.75) is 77.2 Å². The molecule has 1 unspecified atom stereocenters. The molecule has 6 heteroatoms. The highest BCUT2D eigenvalue weighted by Crippen LogP contribution is 2.29. The van der Waals surface area contributed by atoms with Crippen LogP contribution in [0.4, 0.5) is 0 Å². The van der Waals surface area contributed by atoms with Crippen LogP contribution in [0.3, 0.4) is 0 Å². The van der Waals surface area contributed by atoms with Crippen molar-refractivity contribution in [3.05, 3.63) is 0 Å². The quantitative estimate of drug-likeness (QED) is 0.764. The number of aliphatic carboxylic acids is 1. The van der Waals surface area contributed by atoms with Crippen LogP contribution in [-0.4, -0.2) is 58.4 Å². The summed E-state index contributed by atoms with van der Waals surface area (Å²) in [4.78, 5) is 38.6. The second-order valence-corrected chi connectivity index (χ2v) is 7.55. The Morgan fingerprint density at radius 1 is 1.04 bits per heavy atom. The summed E-state index contributed by atoms with van der Waals surface area (Å²) in [7, 11) is 0. The minimum absolute atomic E-state index is 0.0788. The topological polar surface area (TPSA) is 77.9 Å². The molecular formula is C19H32N2O4. The average molecular weight is 352 g/mol. The zero-order chi connectivity index (χ0) is 18.2. The molecule has 142 valence electrons. The minimum Gasteiger partial charge on any atom is -0.480 e. The summed E-state index contributed by atoms with van der Waals surface area (Å²) in [6.45, 7) is 2.50. The average Bonchev–Trinajstić information content (AvgIpc) is 2.95. The van der Waals surface area contributed by atoms with Crippen LogP contribution in [0.15, 0.2) is 0 Å². The third-order valence-corrected chi connectivity index (χ3v) is 5.68. The van der Waals surface area contributed by atoms with Gasteiger partial charge in [-0.15, -0.1) is 0 Å². The van der Waals surface area contributed by atoms with E-state index in [-0.39, 0.29) is 24.4 Å². The summed E-state index contributed by atoms with van der Waals surface area (Å²) in [5.74, 6) is -0.157. The van der Waals surface area contributed by atoms with Crippen LogP contribution in [0.5, 0.6) is 0 Å². The van der Waals surface area contributed by atoms with Gasteiger partial charge in [-0.3, -0.25) is 14.4 Å². The van der Waals surface area contributed by atoms with Crippen LogP contribution >= 0.6 is 0 Å². The molecule has 1 aliphatic carbocycles. The predicted molar refractivity (Wildman–Crippen MR) is 95.1 cm³/mol. The number of carboxylic acid groups (broad SMARTS) is 1. The Labute approximate surface area is 150 Å². The van der Waals surface area contributed by atoms with Crippen molar-refractivity contribution in [3.8, 4) is 0 Å². The van der Waals surface area contributed by atoms with Gasteiger partial charge in [-0.1, -0.05) is 25.7 Å². The fourth-order valence-corrected chi connectivity index (χ4v) is 4.28. The van der Waals surface area contributed by atoms with E-state index >= 15 is 0 Å². The normalized spacial score (nSPS) is 21.8. The van der Waals surface area contributed by atoms with E-state index in [4.69, 9.17) is 5.11 Å². The molecule has 2 aliphatic rings. The third kappa shape index (κ3) is 6.33. The Balaban J connectivity index is 1.77. The Kier molecular flexibility index (Phi) is 7.72. The van der Waals surface area contributed by atoms with E-state index < -0.39 is 5.97 Å². The molecule has 0 aromatic carbocycles. The first-order valence-electron chi connectivity index (χ1n) is 9.74. The van der Waals surface area contributed by atoms with Crippen LogP contribution in [0.25, 0.3) is 0 Å². The van der Waals surface area contributed by atoms with E-state index in [1.165, 1.54) is 43.9 Å². The fourth-order valence-electron chi connectivity index (χ4n) is 4.28. The molecule has 1 heterocycles. The summed E-state index contributed by atoms with van der Waals surface area (Å²) < 4.78 is 0. The molecule has 2 rings (SSSR count). The lowest BCUT2D eigenvalue weighted by molar-refractivity contribution is -0.145. The van der Waals surface area contributed by atoms with E-state index in [1.807, 2.05) is 4.90 Å². The number of rotatable bonds is 7. The molecule has 0 radical (unpaired) electrons. The van der Waals surface area contributed by atoms with Gasteiger partial charge in [-0.25, -0.2) is 0 Å². The van der Waals surface area contributed by atoms with Crippen molar-refractivity contribution >= 4 is 17.8 Å². The van der Waals surface area contributed by atoms with Gasteiger partial charge in [0.15, 0.2) is 0 Å². The van der Waals surface area contributed by atoms with Gasteiger partial charge in [0.25, 0.3) is 0 Å². The van der Waals surface area contributed by atoms with E-state index in [0.29, 0.717) is 19.4 Å². The highest BCUT2D eigenvalue weighted by Gasteiger charge is 2.27. The van der Waals surface area contributed by atoms with Gasteiger partial charge < -0.3 is 14.9 Å². The highest BCUT2D eigenvalue weighted by molar-refractivity contribution is 5.80. The summed E-state index contributed by atoms with van der Waals surface area (Å²) in [5, 5.41) is 9.00. The molecule has 1 N–H and O–H groups in total. The number of carbonyl (C=O) groups is 3. The first kappa shape index (κ1) is 19.7. The van der Waals surface area contributed by atoms with Crippen molar-refractivity contribution in [1.82, 2.24) is 9.80 Å². The van der Waals surface area contributed by atoms with Crippen molar-refractivity contribution < 1.29 is 19.5 Å². The van der Waals surface area contributed by atoms with Crippen molar-refractivity contribution in [2.75, 3.05) is 19.6 Å². The molecule has 25 heavy (non-hydrogen) atoms. The van der Waals surface area contributed by atoms with Crippen LogP contribution in [0, 0.1) is 5.92 Å². The Hall–Kier alpha value is -1.59. The lowest BCUT2D eigenvalue weighted by atomic mass is 10.0. The fraction of sp³-hybridized carbons (Fsp3) is 0.842. The molecule has 6 nitrogen and oxygen atoms in total. The maximum Gasteiger partial charge on any atom is 0.323 e. The van der Waals surface area contributed by atoms with Gasteiger partial charge in [0.1, 0.15) is 6.54 Å². The minimum atomic E-state index is -0.987. The van der Waals surface area contributed by atoms with Crippen LogP contribution < -0.4 is 0 Å². The molecule has 2 amide bonds. The number of likely N-dealkylation sites (tertiary alicyclic amines) is 1. The summed E-state index contributed by atoms with van der Waals surface area (Å²) in [6.07, 6.45) is 10.3. The number of carboxylic acids is 1. The van der Waals surface area contributed by atoms with Gasteiger partial charge >= 0.3 is 5.97 Å². The Morgan fingerprint density at radius 3 is 2.40 bits per heavy atom. The zero-order valence-corrected chi connectivity index (χ0v) is 15.4. The van der Waals surface area contributed by atoms with Gasteiger partial charge in [-0.05, 0) is 38.0 Å².